The Morgan fingerprint density at radius 2 is 1.74 bits per heavy atom. The van der Waals surface area contributed by atoms with Crippen molar-refractivity contribution in [3.63, 3.8) is 0 Å². The van der Waals surface area contributed by atoms with Gasteiger partial charge in [0.1, 0.15) is 5.75 Å². The van der Waals surface area contributed by atoms with E-state index in [0.29, 0.717) is 24.3 Å². The average Bonchev–Trinajstić information content (AvgIpc) is 3.52. The molecule has 3 saturated heterocycles. The largest absolute Gasteiger partial charge is 0.493 e. The Morgan fingerprint density at radius 3 is 2.55 bits per heavy atom. The van der Waals surface area contributed by atoms with Crippen LogP contribution in [-0.4, -0.2) is 29.6 Å². The Hall–Kier alpha value is -3.69. The van der Waals surface area contributed by atoms with E-state index in [-0.39, 0.29) is 11.8 Å². The van der Waals surface area contributed by atoms with E-state index in [9.17, 15) is 14.9 Å². The molecule has 2 bridgehead atoms. The van der Waals surface area contributed by atoms with Crippen LogP contribution < -0.4 is 9.64 Å². The zero-order valence-corrected chi connectivity index (χ0v) is 21.5. The van der Waals surface area contributed by atoms with Crippen molar-refractivity contribution in [3.8, 4) is 11.8 Å². The zero-order chi connectivity index (χ0) is 26.1. The molecule has 0 spiro atoms. The maximum absolute atomic E-state index is 14.0. The van der Waals surface area contributed by atoms with Crippen molar-refractivity contribution in [2.24, 2.45) is 11.8 Å². The second-order valence-electron chi connectivity index (χ2n) is 11.5. The number of rotatable bonds is 5. The first-order chi connectivity index (χ1) is 18.4. The van der Waals surface area contributed by atoms with Crippen LogP contribution >= 0.6 is 0 Å². The number of aryl methyl sites for hydroxylation is 2. The number of imide groups is 1. The van der Waals surface area contributed by atoms with Gasteiger partial charge in [0.25, 0.3) is 0 Å². The van der Waals surface area contributed by atoms with Gasteiger partial charge in [0.05, 0.1) is 47.0 Å². The summed E-state index contributed by atoms with van der Waals surface area (Å²) in [5.41, 5.74) is 2.49. The van der Waals surface area contributed by atoms with Gasteiger partial charge in [0, 0.05) is 17.2 Å². The number of fused-ring (bicyclic) bond motifs is 7. The molecule has 192 valence electrons. The third-order valence-corrected chi connectivity index (χ3v) is 9.39. The van der Waals surface area contributed by atoms with Crippen LogP contribution in [0.5, 0.6) is 5.75 Å². The highest BCUT2D eigenvalue weighted by molar-refractivity contribution is 6.26. The predicted molar refractivity (Wildman–Crippen MR) is 143 cm³/mol. The van der Waals surface area contributed by atoms with Crippen molar-refractivity contribution in [1.29, 1.82) is 5.26 Å². The minimum Gasteiger partial charge on any atom is -0.493 e. The monoisotopic (exact) mass is 506 g/mol. The van der Waals surface area contributed by atoms with Crippen molar-refractivity contribution in [2.45, 2.75) is 63.1 Å². The summed E-state index contributed by atoms with van der Waals surface area (Å²) in [6.45, 7) is 2.41. The smallest absolute Gasteiger partial charge is 0.240 e. The molecular formula is C32H30N2O4. The van der Waals surface area contributed by atoms with Crippen LogP contribution in [0.4, 0.5) is 5.69 Å². The number of carbonyl (C=O) groups is 2. The molecule has 3 aromatic carbocycles. The van der Waals surface area contributed by atoms with Gasteiger partial charge in [-0.2, -0.15) is 5.26 Å². The molecule has 4 aliphatic rings. The zero-order valence-electron chi connectivity index (χ0n) is 21.5. The summed E-state index contributed by atoms with van der Waals surface area (Å²) in [5.74, 6) is -0.587. The van der Waals surface area contributed by atoms with Crippen LogP contribution in [0.15, 0.2) is 54.6 Å². The highest BCUT2D eigenvalue weighted by Crippen LogP contribution is 2.62. The lowest BCUT2D eigenvalue weighted by molar-refractivity contribution is -0.131. The average molecular weight is 507 g/mol. The van der Waals surface area contributed by atoms with Gasteiger partial charge in [-0.25, -0.2) is 4.90 Å². The van der Waals surface area contributed by atoms with Gasteiger partial charge in [-0.15, -0.1) is 0 Å². The lowest BCUT2D eigenvalue weighted by Gasteiger charge is -2.31. The molecule has 3 aliphatic heterocycles. The molecular weight excluding hydrogens is 476 g/mol. The van der Waals surface area contributed by atoms with Crippen molar-refractivity contribution < 1.29 is 19.1 Å². The summed E-state index contributed by atoms with van der Waals surface area (Å²) in [6.07, 6.45) is 6.73. The molecule has 0 radical (unpaired) electrons. The lowest BCUT2D eigenvalue weighted by Crippen LogP contribution is -2.43. The highest BCUT2D eigenvalue weighted by Gasteiger charge is 2.73. The summed E-state index contributed by atoms with van der Waals surface area (Å²) < 4.78 is 12.8. The molecule has 38 heavy (non-hydrogen) atoms. The Kier molecular flexibility index (Phi) is 5.18. The summed E-state index contributed by atoms with van der Waals surface area (Å²) >= 11 is 0. The van der Waals surface area contributed by atoms with Gasteiger partial charge in [0.15, 0.2) is 0 Å². The second-order valence-corrected chi connectivity index (χ2v) is 11.5. The van der Waals surface area contributed by atoms with E-state index < -0.39 is 23.0 Å². The van der Waals surface area contributed by atoms with Crippen LogP contribution in [0.3, 0.4) is 0 Å². The van der Waals surface area contributed by atoms with Gasteiger partial charge < -0.3 is 9.47 Å². The Balaban J connectivity index is 1.18. The van der Waals surface area contributed by atoms with Crippen LogP contribution in [0, 0.1) is 23.2 Å². The van der Waals surface area contributed by atoms with Crippen LogP contribution in [0.1, 0.15) is 55.7 Å². The van der Waals surface area contributed by atoms with E-state index in [1.807, 2.05) is 37.3 Å². The Morgan fingerprint density at radius 1 is 0.974 bits per heavy atom. The molecule has 2 amide bonds. The fourth-order valence-corrected chi connectivity index (χ4v) is 7.56. The molecule has 0 N–H and O–H groups in total. The van der Waals surface area contributed by atoms with Crippen molar-refractivity contribution >= 4 is 28.3 Å². The number of hydrogen-bond donors (Lipinski definition) is 0. The first-order valence-corrected chi connectivity index (χ1v) is 13.7. The highest BCUT2D eigenvalue weighted by atomic mass is 16.5. The molecule has 3 fully saturated rings. The summed E-state index contributed by atoms with van der Waals surface area (Å²) in [7, 11) is 0. The van der Waals surface area contributed by atoms with E-state index >= 15 is 0 Å². The summed E-state index contributed by atoms with van der Waals surface area (Å²) in [5, 5.41) is 11.0. The number of nitriles is 1. The number of ether oxygens (including phenoxy) is 2. The first kappa shape index (κ1) is 23.4. The molecule has 6 nitrogen and oxygen atoms in total. The molecule has 3 heterocycles. The van der Waals surface area contributed by atoms with Gasteiger partial charge in [-0.1, -0.05) is 30.3 Å². The van der Waals surface area contributed by atoms with Crippen LogP contribution in [-0.2, 0) is 27.2 Å². The minimum atomic E-state index is -0.711. The van der Waals surface area contributed by atoms with Crippen LogP contribution in [0.25, 0.3) is 10.8 Å². The molecule has 7 rings (SSSR count). The number of amides is 2. The lowest BCUT2D eigenvalue weighted by atomic mass is 9.67. The fourth-order valence-electron chi connectivity index (χ4n) is 7.56. The van der Waals surface area contributed by atoms with Crippen molar-refractivity contribution in [1.82, 2.24) is 0 Å². The molecule has 0 unspecified atom stereocenters. The number of hydrogen-bond acceptors (Lipinski definition) is 5. The topological polar surface area (TPSA) is 79.6 Å². The third-order valence-electron chi connectivity index (χ3n) is 9.39. The quantitative estimate of drug-likeness (QED) is 0.428. The van der Waals surface area contributed by atoms with Crippen molar-refractivity contribution in [2.75, 3.05) is 11.5 Å². The van der Waals surface area contributed by atoms with Crippen LogP contribution in [0.2, 0.25) is 0 Å². The molecule has 3 aromatic rings. The van der Waals surface area contributed by atoms with E-state index in [0.717, 1.165) is 42.2 Å². The second kappa shape index (κ2) is 8.41. The SMILES string of the molecule is C[C@]12CC[C@](CCOc3ccc4c(c3)CCCC4)(O1)[C@@H]1C(=O)N(c3ccc(C#N)c4ccccc34)C(=O)[C@@H]12. The Bertz CT molecular complexity index is 1540. The minimum absolute atomic E-state index is 0.199. The Labute approximate surface area is 222 Å². The number of carbonyl (C=O) groups excluding carboxylic acids is 2. The maximum Gasteiger partial charge on any atom is 0.240 e. The number of nitrogens with zero attached hydrogens (tertiary/aromatic N) is 2. The van der Waals surface area contributed by atoms with E-state index in [2.05, 4.69) is 18.2 Å². The molecule has 4 atom stereocenters. The van der Waals surface area contributed by atoms with Gasteiger partial charge in [-0.3, -0.25) is 9.59 Å². The molecule has 6 heteroatoms. The van der Waals surface area contributed by atoms with Gasteiger partial charge in [-0.05, 0) is 80.8 Å². The maximum atomic E-state index is 14.0. The normalized spacial score (nSPS) is 29.4. The van der Waals surface area contributed by atoms with Gasteiger partial charge >= 0.3 is 0 Å². The first-order valence-electron chi connectivity index (χ1n) is 13.7. The summed E-state index contributed by atoms with van der Waals surface area (Å²) in [6, 6.07) is 19.5. The summed E-state index contributed by atoms with van der Waals surface area (Å²) in [4.78, 5) is 29.3. The molecule has 0 aromatic heterocycles. The standard InChI is InChI=1S/C32H30N2O4/c1-31-14-15-32(38-31,16-17-37-23-12-10-20-6-2-3-7-21(20)18-23)28-27(31)29(35)34(30(28)36)26-13-11-22(19-33)24-8-4-5-9-25(24)26/h4-5,8-13,18,27-28H,2-3,6-7,14-17H2,1H3/t27-,28+,31-,32-/m1/s1. The third kappa shape index (κ3) is 3.28. The number of benzene rings is 3. The van der Waals surface area contributed by atoms with Gasteiger partial charge in [0.2, 0.25) is 11.8 Å². The van der Waals surface area contributed by atoms with E-state index in [1.165, 1.54) is 28.9 Å². The van der Waals surface area contributed by atoms with Crippen molar-refractivity contribution in [3.05, 3.63) is 71.3 Å². The number of anilines is 1. The van der Waals surface area contributed by atoms with E-state index in [4.69, 9.17) is 9.47 Å². The molecule has 0 saturated carbocycles. The predicted octanol–water partition coefficient (Wildman–Crippen LogP) is 5.49. The van der Waals surface area contributed by atoms with E-state index in [1.54, 1.807) is 12.1 Å². The molecule has 1 aliphatic carbocycles. The fraction of sp³-hybridized carbons (Fsp3) is 0.406.